The molecule has 0 atom stereocenters. The highest BCUT2D eigenvalue weighted by atomic mass is 32.1. The fraction of sp³-hybridized carbons (Fsp3) is 0.244. The van der Waals surface area contributed by atoms with Crippen LogP contribution in [0.3, 0.4) is 0 Å². The summed E-state index contributed by atoms with van der Waals surface area (Å²) in [5.41, 5.74) is 7.44. The molecular formula is C86H88F4N12O10S. The van der Waals surface area contributed by atoms with Crippen LogP contribution >= 0.6 is 11.3 Å². The molecule has 13 aromatic rings. The van der Waals surface area contributed by atoms with E-state index in [2.05, 4.69) is 76.2 Å². The standard InChI is InChI=1S/C18H16F2N2O2S.C15H18N2O2.C14H14N2O2.C14H16N2O.C13H12F2N2O2.C12H12N2O/c1-18(19,20)16-11-25-17(22-16)6-2-5-13(23)15-8-7-14(24-15)12-4-3-9-21-10-12;1-4-17(5-2)15(18)14-11(3)9-13(19-14)12-7-6-8-16-10-12;17-14(16-8-10-3-4-10)13-6-5-12(18-13)11-2-1-7-15-9-11;1-3-8-16-11(2)13-6-7-14(17-13)12-5-4-9-15-10-12;1-13(14,15)8-17-12(18)11-5-4-10(19-11)9-3-2-6-16-7-9;1-9(13-2)11-5-6-12(15-11)10-4-3-7-14-8-10/h3-4,7-11H,2,5-6H2,1H3;6-10H,4-5H2,1-3H3;1-2,5-7,9-10H,3-4,8H2,(H,16,17);4-7,9-10,16H,2-3,8H2,1H3;2-7H,8H2,1H3,(H,17,18);3-8,13H,1H2,2H3. The number of ketones is 1. The summed E-state index contributed by atoms with van der Waals surface area (Å²) < 4.78 is 85.0. The zero-order chi connectivity index (χ0) is 80.7. The van der Waals surface area contributed by atoms with Gasteiger partial charge in [-0.05, 0) is 198 Å². The van der Waals surface area contributed by atoms with Crippen molar-refractivity contribution in [3.63, 3.8) is 0 Å². The van der Waals surface area contributed by atoms with Gasteiger partial charge in [0.15, 0.2) is 28.8 Å². The third-order valence-electron chi connectivity index (χ3n) is 16.7. The highest BCUT2D eigenvalue weighted by Gasteiger charge is 2.29. The fourth-order valence-electron chi connectivity index (χ4n) is 10.3. The van der Waals surface area contributed by atoms with Gasteiger partial charge < -0.3 is 52.7 Å². The molecule has 0 aliphatic heterocycles. The Morgan fingerprint density at radius 2 is 0.920 bits per heavy atom. The first-order valence-electron chi connectivity index (χ1n) is 36.4. The molecule has 14 rings (SSSR count). The quantitative estimate of drug-likeness (QED) is 0.0275. The van der Waals surface area contributed by atoms with Gasteiger partial charge in [-0.1, -0.05) is 20.1 Å². The van der Waals surface area contributed by atoms with Crippen LogP contribution in [0.1, 0.15) is 137 Å². The molecule has 13 aromatic heterocycles. The maximum absolute atomic E-state index is 13.2. The predicted molar refractivity (Wildman–Crippen MR) is 426 cm³/mol. The maximum Gasteiger partial charge on any atom is 0.289 e. The summed E-state index contributed by atoms with van der Waals surface area (Å²) in [7, 11) is 1.81. The van der Waals surface area contributed by atoms with E-state index in [1.165, 1.54) is 35.6 Å². The van der Waals surface area contributed by atoms with Crippen LogP contribution in [0.25, 0.3) is 79.3 Å². The number of nitrogens with zero attached hydrogens (tertiary/aromatic N) is 8. The van der Waals surface area contributed by atoms with Gasteiger partial charge in [0, 0.05) is 172 Å². The molecule has 1 aliphatic rings. The number of Topliss-reactive ketones (excluding diaryl/α,β-unsaturated/α-hetero) is 1. The van der Waals surface area contributed by atoms with Crippen LogP contribution in [0, 0.1) is 12.8 Å². The molecule has 0 saturated heterocycles. The third kappa shape index (κ3) is 26.1. The number of aryl methyl sites for hydroxylation is 2. The Morgan fingerprint density at radius 3 is 1.30 bits per heavy atom. The predicted octanol–water partition coefficient (Wildman–Crippen LogP) is 19.3. The Kier molecular flexibility index (Phi) is 31.1. The second kappa shape index (κ2) is 41.8. The second-order valence-corrected chi connectivity index (χ2v) is 26.6. The fourth-order valence-corrected chi connectivity index (χ4v) is 11.3. The third-order valence-corrected chi connectivity index (χ3v) is 17.6. The van der Waals surface area contributed by atoms with E-state index in [0.29, 0.717) is 82.7 Å². The Bertz CT molecular complexity index is 5110. The zero-order valence-electron chi connectivity index (χ0n) is 63.6. The molecule has 113 heavy (non-hydrogen) atoms. The number of amides is 3. The highest BCUT2D eigenvalue weighted by molar-refractivity contribution is 7.09. The monoisotopic (exact) mass is 1560 g/mol. The van der Waals surface area contributed by atoms with Gasteiger partial charge in [0.25, 0.3) is 29.6 Å². The van der Waals surface area contributed by atoms with E-state index in [1.54, 1.807) is 128 Å². The van der Waals surface area contributed by atoms with Crippen LogP contribution in [0.4, 0.5) is 17.6 Å². The van der Waals surface area contributed by atoms with Crippen LogP contribution in [0.15, 0.2) is 259 Å². The van der Waals surface area contributed by atoms with E-state index < -0.39 is 24.3 Å². The summed E-state index contributed by atoms with van der Waals surface area (Å²) in [6.07, 6.45) is 25.2. The van der Waals surface area contributed by atoms with Gasteiger partial charge in [-0.3, -0.25) is 49.1 Å². The lowest BCUT2D eigenvalue weighted by Crippen LogP contribution is -2.34. The Morgan fingerprint density at radius 1 is 0.522 bits per heavy atom. The number of nitrogens with one attached hydrogen (secondary N) is 4. The number of aromatic nitrogens is 7. The van der Waals surface area contributed by atoms with Crippen molar-refractivity contribution in [2.45, 2.75) is 91.9 Å². The van der Waals surface area contributed by atoms with Gasteiger partial charge >= 0.3 is 0 Å². The molecule has 0 bridgehead atoms. The molecule has 586 valence electrons. The molecule has 4 N–H and O–H groups in total. The van der Waals surface area contributed by atoms with Gasteiger partial charge in [0.1, 0.15) is 51.8 Å². The van der Waals surface area contributed by atoms with Crippen LogP contribution in [-0.2, 0) is 12.3 Å². The molecule has 0 radical (unpaired) electrons. The summed E-state index contributed by atoms with van der Waals surface area (Å²) in [5.74, 6) is 0.388. The van der Waals surface area contributed by atoms with Crippen molar-refractivity contribution in [1.29, 1.82) is 0 Å². The number of furan rings is 6. The van der Waals surface area contributed by atoms with Gasteiger partial charge in [0.2, 0.25) is 0 Å². The minimum atomic E-state index is -2.95. The number of alkyl halides is 4. The number of carbonyl (C=O) groups excluding carboxylic acids is 4. The first kappa shape index (κ1) is 84.1. The summed E-state index contributed by atoms with van der Waals surface area (Å²) in [4.78, 5) is 77.7. The first-order valence-corrected chi connectivity index (χ1v) is 37.3. The summed E-state index contributed by atoms with van der Waals surface area (Å²) in [5, 5.41) is 13.1. The van der Waals surface area contributed by atoms with Crippen molar-refractivity contribution < 1.29 is 63.2 Å². The van der Waals surface area contributed by atoms with Crippen molar-refractivity contribution in [3.8, 4) is 67.9 Å². The van der Waals surface area contributed by atoms with Gasteiger partial charge in [-0.15, -0.1) is 11.3 Å². The summed E-state index contributed by atoms with van der Waals surface area (Å²) in [6, 6.07) is 41.8. The molecule has 1 aliphatic carbocycles. The number of carbonyl (C=O) groups is 4. The van der Waals surface area contributed by atoms with E-state index >= 15 is 0 Å². The van der Waals surface area contributed by atoms with Crippen molar-refractivity contribution in [1.82, 2.24) is 61.1 Å². The number of rotatable bonds is 27. The summed E-state index contributed by atoms with van der Waals surface area (Å²) >= 11 is 1.19. The van der Waals surface area contributed by atoms with E-state index in [1.807, 2.05) is 113 Å². The lowest BCUT2D eigenvalue weighted by Gasteiger charge is -2.17. The van der Waals surface area contributed by atoms with Crippen molar-refractivity contribution in [2.24, 2.45) is 5.92 Å². The minimum absolute atomic E-state index is 0.0110. The molecule has 22 nitrogen and oxygen atoms in total. The topological polar surface area (TPSA) is 289 Å². The summed E-state index contributed by atoms with van der Waals surface area (Å²) in [6.45, 7) is 19.5. The molecule has 0 spiro atoms. The van der Waals surface area contributed by atoms with Crippen LogP contribution in [-0.4, -0.2) is 109 Å². The average molecular weight is 1560 g/mol. The molecule has 0 unspecified atom stereocenters. The largest absolute Gasteiger partial charge is 0.455 e. The van der Waals surface area contributed by atoms with Gasteiger partial charge in [-0.2, -0.15) is 8.78 Å². The van der Waals surface area contributed by atoms with Crippen LogP contribution in [0.5, 0.6) is 0 Å². The number of hydrogen-bond donors (Lipinski definition) is 4. The van der Waals surface area contributed by atoms with E-state index in [-0.39, 0.29) is 35.5 Å². The smallest absolute Gasteiger partial charge is 0.289 e. The highest BCUT2D eigenvalue weighted by Crippen LogP contribution is 2.32. The van der Waals surface area contributed by atoms with Crippen LogP contribution in [0.2, 0.25) is 0 Å². The molecule has 27 heteroatoms. The lowest BCUT2D eigenvalue weighted by atomic mass is 10.1. The van der Waals surface area contributed by atoms with Gasteiger partial charge in [0.05, 0.1) is 22.9 Å². The lowest BCUT2D eigenvalue weighted by molar-refractivity contribution is 0.0132. The van der Waals surface area contributed by atoms with E-state index in [9.17, 15) is 36.7 Å². The van der Waals surface area contributed by atoms with E-state index in [0.717, 1.165) is 101 Å². The SMILES string of the molecule is C=C(NC)c1ccc(-c2cccnc2)o1.C=C(NCCC)c1ccc(-c2cccnc2)o1.CC(F)(F)CNC(=O)c1ccc(-c2cccnc2)o1.CC(F)(F)c1csc(CCCC(=O)c2ccc(-c3cccnc3)o2)n1.CCN(CC)C(=O)c1oc(-c2cccnc2)cc1C.O=C(NCC1CC1)c1ccc(-c2cccnc2)o1. The van der Waals surface area contributed by atoms with Gasteiger partial charge in [-0.25, -0.2) is 13.8 Å². The normalized spacial score (nSPS) is 11.4. The minimum Gasteiger partial charge on any atom is -0.455 e. The molecular weight excluding hydrogens is 1470 g/mol. The van der Waals surface area contributed by atoms with Crippen molar-refractivity contribution in [2.75, 3.05) is 39.8 Å². The molecule has 0 aromatic carbocycles. The van der Waals surface area contributed by atoms with Crippen molar-refractivity contribution in [3.05, 3.63) is 283 Å². The molecule has 13 heterocycles. The molecule has 1 saturated carbocycles. The number of halogens is 4. The van der Waals surface area contributed by atoms with Crippen LogP contribution < -0.4 is 21.3 Å². The first-order chi connectivity index (χ1) is 54.5. The Hall–Kier alpha value is -12.9. The number of hydrogen-bond acceptors (Lipinski definition) is 20. The average Bonchev–Trinajstić information content (AvgIpc) is 1.68. The number of thiazole rings is 1. The molecule has 1 fully saturated rings. The Labute approximate surface area is 656 Å². The van der Waals surface area contributed by atoms with Crippen molar-refractivity contribution >= 4 is 46.2 Å². The zero-order valence-corrected chi connectivity index (χ0v) is 64.5. The second-order valence-electron chi connectivity index (χ2n) is 25.7. The maximum atomic E-state index is 13.2. The molecule has 3 amide bonds. The number of pyridine rings is 6. The van der Waals surface area contributed by atoms with E-state index in [4.69, 9.17) is 26.5 Å². The Balaban J connectivity index is 0.000000157.